The van der Waals surface area contributed by atoms with Crippen molar-refractivity contribution in [3.8, 4) is 0 Å². The Hall–Kier alpha value is -4.52. The molecule has 2 heterocycles. The first-order chi connectivity index (χ1) is 22.8. The lowest BCUT2D eigenvalue weighted by molar-refractivity contribution is 0.0598. The molecule has 0 bridgehead atoms. The molecule has 6 aromatic rings. The van der Waals surface area contributed by atoms with Crippen LogP contribution in [0.5, 0.6) is 0 Å². The summed E-state index contributed by atoms with van der Waals surface area (Å²) >= 11 is 11.9. The summed E-state index contributed by atoms with van der Waals surface area (Å²) in [6.45, 7) is 0. The van der Waals surface area contributed by atoms with Gasteiger partial charge in [0.15, 0.2) is 0 Å². The van der Waals surface area contributed by atoms with Crippen LogP contribution < -0.4 is 0 Å². The maximum absolute atomic E-state index is 12.0. The Morgan fingerprint density at radius 3 is 1.60 bits per heavy atom. The summed E-state index contributed by atoms with van der Waals surface area (Å²) < 4.78 is 9.58. The summed E-state index contributed by atoms with van der Waals surface area (Å²) in [5.41, 5.74) is 7.32. The van der Waals surface area contributed by atoms with Crippen LogP contribution in [0.1, 0.15) is 80.7 Å². The van der Waals surface area contributed by atoms with Gasteiger partial charge in [-0.15, -0.1) is 0 Å². The quantitative estimate of drug-likeness (QED) is 0.164. The average molecular weight is 666 g/mol. The molecule has 2 saturated carbocycles. The number of carbonyl (C=O) groups excluding carboxylic acids is 1. The number of carboxylic acid groups (broad SMARTS) is 1. The number of rotatable bonds is 8. The van der Waals surface area contributed by atoms with Crippen molar-refractivity contribution in [1.82, 2.24) is 9.13 Å². The lowest BCUT2D eigenvalue weighted by Crippen LogP contribution is -2.06. The van der Waals surface area contributed by atoms with Crippen LogP contribution in [-0.4, -0.2) is 33.3 Å². The van der Waals surface area contributed by atoms with E-state index in [1.165, 1.54) is 66.2 Å². The molecule has 0 atom stereocenters. The van der Waals surface area contributed by atoms with E-state index in [4.69, 9.17) is 27.9 Å². The number of aromatic nitrogens is 2. The van der Waals surface area contributed by atoms with E-state index < -0.39 is 5.97 Å². The van der Waals surface area contributed by atoms with Crippen LogP contribution in [0, 0.1) is 0 Å². The number of hydrogen-bond donors (Lipinski definition) is 1. The first-order valence-electron chi connectivity index (χ1n) is 15.8. The maximum atomic E-state index is 12.0. The molecule has 4 aromatic carbocycles. The SMILES string of the molecule is COC(=O)c1cc(Cl)ccc1Cc1ccc2c(ccn2C2CC2)c1.O=C(O)c1cc(Cl)ccc1Cc1ccc2c(ccn2C2CC2)c1. The monoisotopic (exact) mass is 664 g/mol. The second kappa shape index (κ2) is 12.9. The Labute approximate surface area is 283 Å². The topological polar surface area (TPSA) is 73.5 Å². The summed E-state index contributed by atoms with van der Waals surface area (Å²) in [5.74, 6) is -1.29. The van der Waals surface area contributed by atoms with Gasteiger partial charge >= 0.3 is 11.9 Å². The van der Waals surface area contributed by atoms with E-state index in [2.05, 4.69) is 70.1 Å². The van der Waals surface area contributed by atoms with Crippen LogP contribution in [-0.2, 0) is 17.6 Å². The minimum absolute atomic E-state index is 0.271. The highest BCUT2D eigenvalue weighted by atomic mass is 35.5. The van der Waals surface area contributed by atoms with Crippen molar-refractivity contribution in [1.29, 1.82) is 0 Å². The normalized spacial score (nSPS) is 14.2. The number of nitrogens with zero attached hydrogens (tertiary/aromatic N) is 2. The number of esters is 1. The first kappa shape index (κ1) is 31.1. The number of carboxylic acids is 1. The Balaban J connectivity index is 0.000000150. The van der Waals surface area contributed by atoms with Crippen molar-refractivity contribution >= 4 is 56.9 Å². The van der Waals surface area contributed by atoms with E-state index in [1.54, 1.807) is 18.2 Å². The maximum Gasteiger partial charge on any atom is 0.338 e. The lowest BCUT2D eigenvalue weighted by atomic mass is 9.99. The molecule has 8 heteroatoms. The third-order valence-corrected chi connectivity index (χ3v) is 9.49. The molecule has 2 aromatic heterocycles. The Morgan fingerprint density at radius 1 is 0.681 bits per heavy atom. The van der Waals surface area contributed by atoms with Gasteiger partial charge in [0.1, 0.15) is 0 Å². The van der Waals surface area contributed by atoms with Gasteiger partial charge in [0.25, 0.3) is 0 Å². The molecule has 238 valence electrons. The predicted octanol–water partition coefficient (Wildman–Crippen LogP) is 9.93. The number of methoxy groups -OCH3 is 1. The van der Waals surface area contributed by atoms with Crippen LogP contribution in [0.15, 0.2) is 97.3 Å². The summed E-state index contributed by atoms with van der Waals surface area (Å²) in [6.07, 6.45) is 10.7. The molecule has 0 unspecified atom stereocenters. The molecule has 47 heavy (non-hydrogen) atoms. The largest absolute Gasteiger partial charge is 0.478 e. The number of fused-ring (bicyclic) bond motifs is 2. The molecule has 8 rings (SSSR count). The molecule has 2 fully saturated rings. The molecule has 0 radical (unpaired) electrons. The van der Waals surface area contributed by atoms with Gasteiger partial charge in [-0.2, -0.15) is 0 Å². The summed E-state index contributed by atoms with van der Waals surface area (Å²) in [7, 11) is 1.39. The minimum atomic E-state index is -0.941. The smallest absolute Gasteiger partial charge is 0.338 e. The zero-order valence-electron chi connectivity index (χ0n) is 26.0. The average Bonchev–Trinajstić information content (AvgIpc) is 4.01. The first-order valence-corrected chi connectivity index (χ1v) is 16.6. The Morgan fingerprint density at radius 2 is 1.15 bits per heavy atom. The van der Waals surface area contributed by atoms with Crippen LogP contribution >= 0.6 is 23.2 Å². The highest BCUT2D eigenvalue weighted by molar-refractivity contribution is 6.31. The van der Waals surface area contributed by atoms with Gasteiger partial charge in [0.05, 0.1) is 18.2 Å². The number of benzene rings is 4. The van der Waals surface area contributed by atoms with E-state index in [0.29, 0.717) is 40.5 Å². The van der Waals surface area contributed by atoms with Gasteiger partial charge in [-0.25, -0.2) is 9.59 Å². The fourth-order valence-electron chi connectivity index (χ4n) is 6.33. The fraction of sp³-hybridized carbons (Fsp3) is 0.231. The predicted molar refractivity (Wildman–Crippen MR) is 187 cm³/mol. The van der Waals surface area contributed by atoms with Crippen molar-refractivity contribution in [2.45, 2.75) is 50.6 Å². The Bertz CT molecular complexity index is 2140. The highest BCUT2D eigenvalue weighted by Gasteiger charge is 2.25. The van der Waals surface area contributed by atoms with E-state index in [-0.39, 0.29) is 11.5 Å². The molecule has 2 aliphatic carbocycles. The summed E-state index contributed by atoms with van der Waals surface area (Å²) in [5, 5.41) is 12.8. The molecule has 0 spiro atoms. The Kier molecular flexibility index (Phi) is 8.56. The van der Waals surface area contributed by atoms with Gasteiger partial charge in [0.2, 0.25) is 0 Å². The zero-order chi connectivity index (χ0) is 32.7. The summed E-state index contributed by atoms with van der Waals surface area (Å²) in [6, 6.07) is 29.0. The number of hydrogen-bond acceptors (Lipinski definition) is 3. The fourth-order valence-corrected chi connectivity index (χ4v) is 6.68. The summed E-state index contributed by atoms with van der Waals surface area (Å²) in [4.78, 5) is 23.4. The van der Waals surface area contributed by atoms with Gasteiger partial charge in [-0.3, -0.25) is 0 Å². The van der Waals surface area contributed by atoms with E-state index in [1.807, 2.05) is 12.1 Å². The van der Waals surface area contributed by atoms with Gasteiger partial charge in [-0.05, 0) is 132 Å². The molecular formula is C39H34Cl2N2O4. The van der Waals surface area contributed by atoms with Crippen molar-refractivity contribution < 1.29 is 19.4 Å². The molecule has 2 aliphatic rings. The molecule has 6 nitrogen and oxygen atoms in total. The van der Waals surface area contributed by atoms with Crippen molar-refractivity contribution in [3.63, 3.8) is 0 Å². The van der Waals surface area contributed by atoms with Crippen molar-refractivity contribution in [2.75, 3.05) is 7.11 Å². The van der Waals surface area contributed by atoms with E-state index in [9.17, 15) is 14.7 Å². The van der Waals surface area contributed by atoms with E-state index in [0.717, 1.165) is 16.7 Å². The van der Waals surface area contributed by atoms with Crippen LogP contribution in [0.25, 0.3) is 21.8 Å². The van der Waals surface area contributed by atoms with Gasteiger partial charge in [-0.1, -0.05) is 47.5 Å². The van der Waals surface area contributed by atoms with Crippen molar-refractivity contribution in [2.24, 2.45) is 0 Å². The zero-order valence-corrected chi connectivity index (χ0v) is 27.5. The number of ether oxygens (including phenoxy) is 1. The number of carbonyl (C=O) groups is 2. The van der Waals surface area contributed by atoms with Crippen LogP contribution in [0.3, 0.4) is 0 Å². The third kappa shape index (κ3) is 6.80. The molecule has 0 saturated heterocycles. The van der Waals surface area contributed by atoms with Gasteiger partial charge < -0.3 is 19.0 Å². The third-order valence-electron chi connectivity index (χ3n) is 9.02. The van der Waals surface area contributed by atoms with Gasteiger partial charge in [0, 0.05) is 45.6 Å². The number of halogens is 2. The van der Waals surface area contributed by atoms with Crippen LogP contribution in [0.2, 0.25) is 10.0 Å². The second-order valence-corrected chi connectivity index (χ2v) is 13.3. The minimum Gasteiger partial charge on any atom is -0.478 e. The molecule has 0 amide bonds. The van der Waals surface area contributed by atoms with Crippen molar-refractivity contribution in [3.05, 3.63) is 141 Å². The second-order valence-electron chi connectivity index (χ2n) is 12.4. The lowest BCUT2D eigenvalue weighted by Gasteiger charge is -2.09. The standard InChI is InChI=1S/C20H18ClNO2.C19H16ClNO2/c1-24-20(23)18-12-16(21)4-3-14(18)10-13-2-7-19-15(11-13)8-9-22(19)17-5-6-17;20-15-3-2-13(17(11-15)19(22)23)9-12-1-6-18-14(10-12)7-8-21(18)16-4-5-16/h2-4,7-9,11-12,17H,5-6,10H2,1H3;1-3,6-8,10-11,16H,4-5,9H2,(H,22,23). The van der Waals surface area contributed by atoms with Crippen LogP contribution in [0.4, 0.5) is 0 Å². The molecule has 1 N–H and O–H groups in total. The highest BCUT2D eigenvalue weighted by Crippen LogP contribution is 2.39. The van der Waals surface area contributed by atoms with E-state index >= 15 is 0 Å². The molecular weight excluding hydrogens is 631 g/mol. The number of aromatic carboxylic acids is 1. The molecule has 0 aliphatic heterocycles.